The molecule has 7 heteroatoms. The van der Waals surface area contributed by atoms with Crippen LogP contribution >= 0.6 is 0 Å². The van der Waals surface area contributed by atoms with Crippen molar-refractivity contribution < 1.29 is 8.42 Å². The van der Waals surface area contributed by atoms with Crippen molar-refractivity contribution in [1.82, 2.24) is 14.2 Å². The largest absolute Gasteiger partial charge is 0.384 e. The molecule has 6 nitrogen and oxygen atoms in total. The van der Waals surface area contributed by atoms with Gasteiger partial charge in [0.05, 0.1) is 5.69 Å². The van der Waals surface area contributed by atoms with E-state index in [1.54, 1.807) is 16.6 Å². The van der Waals surface area contributed by atoms with Gasteiger partial charge in [-0.05, 0) is 27.0 Å². The molecular formula is C13H22N4O2S. The van der Waals surface area contributed by atoms with Crippen LogP contribution < -0.4 is 5.32 Å². The molecule has 2 heterocycles. The van der Waals surface area contributed by atoms with Gasteiger partial charge in [-0.3, -0.25) is 4.98 Å². The second kappa shape index (κ2) is 6.07. The molecule has 1 aromatic heterocycles. The lowest BCUT2D eigenvalue weighted by Gasteiger charge is -2.37. The van der Waals surface area contributed by atoms with Crippen molar-refractivity contribution in [1.29, 1.82) is 0 Å². The molecule has 1 fully saturated rings. The summed E-state index contributed by atoms with van der Waals surface area (Å²) >= 11 is 0. The number of piperazine rings is 1. The van der Waals surface area contributed by atoms with E-state index in [4.69, 9.17) is 0 Å². The third kappa shape index (κ3) is 2.94. The Hall–Kier alpha value is -1.18. The molecule has 112 valence electrons. The van der Waals surface area contributed by atoms with Crippen molar-refractivity contribution in [3.63, 3.8) is 0 Å². The van der Waals surface area contributed by atoms with Crippen molar-refractivity contribution >= 4 is 15.7 Å². The van der Waals surface area contributed by atoms with Gasteiger partial charge in [-0.15, -0.1) is 0 Å². The predicted molar refractivity (Wildman–Crippen MR) is 79.3 cm³/mol. The van der Waals surface area contributed by atoms with Gasteiger partial charge in [-0.25, -0.2) is 8.42 Å². The molecule has 1 aliphatic heterocycles. The summed E-state index contributed by atoms with van der Waals surface area (Å²) in [5.74, 6) is 0. The van der Waals surface area contributed by atoms with E-state index in [0.29, 0.717) is 25.3 Å². The first-order chi connectivity index (χ1) is 9.46. The fourth-order valence-electron chi connectivity index (χ4n) is 2.29. The van der Waals surface area contributed by atoms with E-state index in [1.807, 2.05) is 20.9 Å². The molecule has 1 N–H and O–H groups in total. The van der Waals surface area contributed by atoms with Gasteiger partial charge in [0.15, 0.2) is 0 Å². The number of pyridine rings is 1. The summed E-state index contributed by atoms with van der Waals surface area (Å²) in [5, 5.41) is 3.09. The number of hydrogen-bond acceptors (Lipinski definition) is 5. The van der Waals surface area contributed by atoms with Gasteiger partial charge in [0.2, 0.25) is 10.0 Å². The quantitative estimate of drug-likeness (QED) is 0.892. The average molecular weight is 298 g/mol. The predicted octanol–water partition coefficient (Wildman–Crippen LogP) is 0.838. The van der Waals surface area contributed by atoms with Crippen LogP contribution in [0.2, 0.25) is 0 Å². The molecule has 1 saturated heterocycles. The van der Waals surface area contributed by atoms with Crippen LogP contribution in [0.25, 0.3) is 0 Å². The van der Waals surface area contributed by atoms with E-state index < -0.39 is 10.0 Å². The first kappa shape index (κ1) is 15.2. The number of nitrogens with one attached hydrogen (secondary N) is 1. The Kier molecular flexibility index (Phi) is 4.62. The Morgan fingerprint density at radius 3 is 2.85 bits per heavy atom. The number of nitrogens with zero attached hydrogens (tertiary/aromatic N) is 3. The van der Waals surface area contributed by atoms with Gasteiger partial charge in [0.25, 0.3) is 0 Å². The Balaban J connectivity index is 2.31. The summed E-state index contributed by atoms with van der Waals surface area (Å²) in [5.41, 5.74) is 0.620. The third-order valence-corrected chi connectivity index (χ3v) is 5.58. The molecule has 0 amide bonds. The first-order valence-electron chi connectivity index (χ1n) is 6.85. The van der Waals surface area contributed by atoms with Crippen LogP contribution in [0.1, 0.15) is 13.8 Å². The Bertz CT molecular complexity index is 561. The number of aromatic nitrogens is 1. The van der Waals surface area contributed by atoms with Crippen LogP contribution in [0.4, 0.5) is 5.69 Å². The number of likely N-dealkylation sites (N-methyl/N-ethyl adjacent to an activating group) is 1. The van der Waals surface area contributed by atoms with Gasteiger partial charge in [0, 0.05) is 44.6 Å². The lowest BCUT2D eigenvalue weighted by Crippen LogP contribution is -2.51. The highest BCUT2D eigenvalue weighted by Crippen LogP contribution is 2.25. The molecule has 0 aliphatic carbocycles. The summed E-state index contributed by atoms with van der Waals surface area (Å²) in [6.07, 6.45) is 3.03. The average Bonchev–Trinajstić information content (AvgIpc) is 2.42. The van der Waals surface area contributed by atoms with Crippen molar-refractivity contribution in [3.05, 3.63) is 18.5 Å². The van der Waals surface area contributed by atoms with Gasteiger partial charge in [-0.1, -0.05) is 0 Å². The maximum Gasteiger partial charge on any atom is 0.246 e. The van der Waals surface area contributed by atoms with E-state index in [-0.39, 0.29) is 10.9 Å². The summed E-state index contributed by atoms with van der Waals surface area (Å²) in [6.45, 7) is 6.43. The Morgan fingerprint density at radius 1 is 1.45 bits per heavy atom. The van der Waals surface area contributed by atoms with Crippen LogP contribution in [0.5, 0.6) is 0 Å². The number of anilines is 1. The van der Waals surface area contributed by atoms with Crippen molar-refractivity contribution in [2.45, 2.75) is 24.8 Å². The monoisotopic (exact) mass is 298 g/mol. The van der Waals surface area contributed by atoms with E-state index in [1.165, 1.54) is 6.20 Å². The van der Waals surface area contributed by atoms with Gasteiger partial charge in [-0.2, -0.15) is 4.31 Å². The lowest BCUT2D eigenvalue weighted by atomic mass is 10.2. The molecule has 2 rings (SSSR count). The molecule has 1 atom stereocenters. The second-order valence-corrected chi connectivity index (χ2v) is 7.00. The molecule has 0 bridgehead atoms. The lowest BCUT2D eigenvalue weighted by molar-refractivity contribution is 0.159. The second-order valence-electron chi connectivity index (χ2n) is 5.09. The van der Waals surface area contributed by atoms with Crippen molar-refractivity contribution in [2.24, 2.45) is 0 Å². The zero-order valence-corrected chi connectivity index (χ0v) is 13.0. The zero-order valence-electron chi connectivity index (χ0n) is 12.2. The highest BCUT2D eigenvalue weighted by Gasteiger charge is 2.32. The molecule has 0 aromatic carbocycles. The Labute approximate surface area is 120 Å². The van der Waals surface area contributed by atoms with Crippen molar-refractivity contribution in [2.75, 3.05) is 38.5 Å². The maximum atomic E-state index is 12.8. The van der Waals surface area contributed by atoms with Gasteiger partial charge in [0.1, 0.15) is 4.90 Å². The van der Waals surface area contributed by atoms with Gasteiger partial charge >= 0.3 is 0 Å². The molecule has 1 aliphatic rings. The van der Waals surface area contributed by atoms with E-state index in [9.17, 15) is 8.42 Å². The zero-order chi connectivity index (χ0) is 14.8. The topological polar surface area (TPSA) is 65.5 Å². The fourth-order valence-corrected chi connectivity index (χ4v) is 3.92. The third-order valence-electron chi connectivity index (χ3n) is 3.69. The molecule has 20 heavy (non-hydrogen) atoms. The normalized spacial score (nSPS) is 21.9. The van der Waals surface area contributed by atoms with E-state index >= 15 is 0 Å². The van der Waals surface area contributed by atoms with E-state index in [2.05, 4.69) is 15.2 Å². The minimum Gasteiger partial charge on any atom is -0.384 e. The smallest absolute Gasteiger partial charge is 0.246 e. The maximum absolute atomic E-state index is 12.8. The fraction of sp³-hybridized carbons (Fsp3) is 0.615. The van der Waals surface area contributed by atoms with Crippen LogP contribution in [0.15, 0.2) is 23.4 Å². The van der Waals surface area contributed by atoms with Crippen LogP contribution in [0.3, 0.4) is 0 Å². The SMILES string of the molecule is CCNc1ccncc1S(=O)(=O)N1CCN(C)C(C)C1. The minimum atomic E-state index is -3.49. The first-order valence-corrected chi connectivity index (χ1v) is 8.29. The Morgan fingerprint density at radius 2 is 2.20 bits per heavy atom. The molecule has 0 saturated carbocycles. The van der Waals surface area contributed by atoms with Gasteiger partial charge < -0.3 is 10.2 Å². The summed E-state index contributed by atoms with van der Waals surface area (Å²) < 4.78 is 27.1. The highest BCUT2D eigenvalue weighted by molar-refractivity contribution is 7.89. The number of rotatable bonds is 4. The molecule has 0 spiro atoms. The molecule has 1 aromatic rings. The minimum absolute atomic E-state index is 0.220. The van der Waals surface area contributed by atoms with Crippen LogP contribution in [0, 0.1) is 0 Å². The number of hydrogen-bond donors (Lipinski definition) is 1. The van der Waals surface area contributed by atoms with E-state index in [0.717, 1.165) is 6.54 Å². The van der Waals surface area contributed by atoms with Crippen LogP contribution in [-0.2, 0) is 10.0 Å². The molecule has 0 radical (unpaired) electrons. The number of sulfonamides is 1. The van der Waals surface area contributed by atoms with Crippen LogP contribution in [-0.4, -0.2) is 61.9 Å². The summed E-state index contributed by atoms with van der Waals surface area (Å²) in [4.78, 5) is 6.40. The van der Waals surface area contributed by atoms with Crippen molar-refractivity contribution in [3.8, 4) is 0 Å². The summed E-state index contributed by atoms with van der Waals surface area (Å²) in [7, 11) is -1.47. The highest BCUT2D eigenvalue weighted by atomic mass is 32.2. The summed E-state index contributed by atoms with van der Waals surface area (Å²) in [6, 6.07) is 1.92. The molecule has 1 unspecified atom stereocenters. The molecular weight excluding hydrogens is 276 g/mol. The standard InChI is InChI=1S/C13H22N4O2S/c1-4-15-12-5-6-14-9-13(12)20(18,19)17-8-7-16(3)11(2)10-17/h5-6,9,11H,4,7-8,10H2,1-3H3,(H,14,15).